The molecule has 1 atom stereocenters. The van der Waals surface area contributed by atoms with Gasteiger partial charge in [0, 0.05) is 6.54 Å². The van der Waals surface area contributed by atoms with Gasteiger partial charge in [0.05, 0.1) is 4.90 Å². The van der Waals surface area contributed by atoms with E-state index in [-0.39, 0.29) is 30.9 Å². The van der Waals surface area contributed by atoms with Gasteiger partial charge in [-0.05, 0) is 52.7 Å². The number of nitrogens with zero attached hydrogens (tertiary/aromatic N) is 1. The molecule has 0 aliphatic rings. The molecule has 2 aromatic rings. The first-order valence-corrected chi connectivity index (χ1v) is 15.7. The van der Waals surface area contributed by atoms with E-state index >= 15 is 0 Å². The summed E-state index contributed by atoms with van der Waals surface area (Å²) in [4.78, 5) is 31.3. The van der Waals surface area contributed by atoms with E-state index in [4.69, 9.17) is 4.74 Å². The van der Waals surface area contributed by atoms with Crippen molar-refractivity contribution in [1.29, 1.82) is 0 Å². The largest absolute Gasteiger partial charge is 0.459 e. The van der Waals surface area contributed by atoms with Crippen molar-refractivity contribution in [3.63, 3.8) is 0 Å². The van der Waals surface area contributed by atoms with E-state index < -0.39 is 33.5 Å². The van der Waals surface area contributed by atoms with Gasteiger partial charge in [-0.3, -0.25) is 4.79 Å². The van der Waals surface area contributed by atoms with E-state index in [9.17, 15) is 27.4 Å². The molecular weight excluding hydrogens is 592 g/mol. The molecule has 12 nitrogen and oxygen atoms in total. The van der Waals surface area contributed by atoms with Crippen LogP contribution in [-0.4, -0.2) is 78.2 Å². The summed E-state index contributed by atoms with van der Waals surface area (Å²) < 4.78 is 55.7. The van der Waals surface area contributed by atoms with Gasteiger partial charge in [-0.25, -0.2) is 8.42 Å². The first kappa shape index (κ1) is 35.7. The number of hydrogen-bond acceptors (Lipinski definition) is 9. The van der Waals surface area contributed by atoms with E-state index in [1.165, 1.54) is 11.3 Å². The van der Waals surface area contributed by atoms with Gasteiger partial charge in [0.25, 0.3) is 0 Å². The Morgan fingerprint density at radius 2 is 1.63 bits per heavy atom. The number of esters is 1. The van der Waals surface area contributed by atoms with Crippen LogP contribution < -0.4 is 20.7 Å². The quantitative estimate of drug-likeness (QED) is 0.105. The molecule has 1 amide bonds. The maximum absolute atomic E-state index is 13.4. The van der Waals surface area contributed by atoms with Crippen LogP contribution >= 0.6 is 11.3 Å². The minimum atomic E-state index is -4.14. The van der Waals surface area contributed by atoms with Crippen LogP contribution in [0.15, 0.2) is 40.2 Å². The number of carbonyl (C=O) groups is 2. The molecular formula is C27H37B2N5O7S2. The monoisotopic (exact) mass is 629 g/mol. The van der Waals surface area contributed by atoms with Crippen LogP contribution in [0.3, 0.4) is 0 Å². The number of rotatable bonds is 14. The molecule has 43 heavy (non-hydrogen) atoms. The maximum atomic E-state index is 13.4. The molecule has 230 valence electrons. The average molecular weight is 629 g/mol. The normalized spacial score (nSPS) is 12.1. The Kier molecular flexibility index (Phi) is 13.6. The molecule has 0 saturated carbocycles. The Bertz CT molecular complexity index is 1450. The molecule has 0 saturated heterocycles. The molecule has 1 unspecified atom stereocenters. The molecule has 0 bridgehead atoms. The molecule has 1 heterocycles. The first-order chi connectivity index (χ1) is 20.2. The standard InChI is InChI=1S/C27H37B2N5O7S2/c1-17-12-18(2)23(19(3)13-17)43(39,40)34-21(25(36)41-27(4,5)6)14-31-24(35)22-10-9-20(42-22)8-7-11-30-26(32-15-28-37)33-16-29-38/h7-10,12-13,21,34H,11,14-16H2,1-6H3,(H,31,35)(H2,30,32,33)/b8-7+. The van der Waals surface area contributed by atoms with Crippen LogP contribution in [0.5, 0.6) is 0 Å². The van der Waals surface area contributed by atoms with Gasteiger partial charge in [0.15, 0.2) is 0 Å². The number of aliphatic imine (C=N–C) groups is 1. The third-order valence-corrected chi connectivity index (χ3v) is 8.35. The van der Waals surface area contributed by atoms with Crippen molar-refractivity contribution in [2.75, 3.05) is 26.0 Å². The number of sulfonamides is 1. The fourth-order valence-electron chi connectivity index (χ4n) is 3.99. The summed E-state index contributed by atoms with van der Waals surface area (Å²) in [5.74, 6) is -1.01. The second-order valence-electron chi connectivity index (χ2n) is 10.5. The van der Waals surface area contributed by atoms with Gasteiger partial charge in [-0.2, -0.15) is 4.72 Å². The molecule has 4 N–H and O–H groups in total. The van der Waals surface area contributed by atoms with Crippen molar-refractivity contribution in [3.8, 4) is 0 Å². The predicted molar refractivity (Wildman–Crippen MR) is 167 cm³/mol. The van der Waals surface area contributed by atoms with Crippen molar-refractivity contribution in [1.82, 2.24) is 20.7 Å². The summed E-state index contributed by atoms with van der Waals surface area (Å²) in [6, 6.07) is 5.45. The first-order valence-electron chi connectivity index (χ1n) is 13.4. The second kappa shape index (κ2) is 16.4. The number of nitrogens with one attached hydrogen (secondary N) is 4. The average Bonchev–Trinajstić information content (AvgIpc) is 3.37. The smallest absolute Gasteiger partial charge is 0.326 e. The second-order valence-corrected chi connectivity index (χ2v) is 13.3. The van der Waals surface area contributed by atoms with Crippen LogP contribution in [0.4, 0.5) is 0 Å². The number of ether oxygens (including phenoxy) is 1. The molecule has 16 heteroatoms. The van der Waals surface area contributed by atoms with Gasteiger partial charge in [0.1, 0.15) is 11.6 Å². The van der Waals surface area contributed by atoms with Crippen LogP contribution in [-0.2, 0) is 29.0 Å². The van der Waals surface area contributed by atoms with Gasteiger partial charge < -0.3 is 4.74 Å². The molecule has 0 aliphatic carbocycles. The third-order valence-electron chi connectivity index (χ3n) is 5.52. The number of thiophene rings is 1. The summed E-state index contributed by atoms with van der Waals surface area (Å²) in [6.45, 7) is 10.1. The Labute approximate surface area is 257 Å². The number of amides is 1. The molecule has 2 rings (SSSR count). The zero-order valence-electron chi connectivity index (χ0n) is 25.1. The van der Waals surface area contributed by atoms with Gasteiger partial charge in [-0.15, -0.1) is 0 Å². The number of benzene rings is 1. The fourth-order valence-corrected chi connectivity index (χ4v) is 6.49. The molecule has 0 radical (unpaired) electrons. The summed E-state index contributed by atoms with van der Waals surface area (Å²) in [5, 5.41) is 8.13. The molecule has 0 fully saturated rings. The molecule has 1 aromatic carbocycles. The zero-order chi connectivity index (χ0) is 32.2. The van der Waals surface area contributed by atoms with Crippen molar-refractivity contribution in [3.05, 3.63) is 56.8 Å². The Morgan fingerprint density at radius 3 is 2.19 bits per heavy atom. The van der Waals surface area contributed by atoms with E-state index in [0.717, 1.165) is 10.4 Å². The summed E-state index contributed by atoms with van der Waals surface area (Å²) in [7, 11) is -2.80. The fraction of sp³-hybridized carbons (Fsp3) is 0.444. The molecule has 1 aromatic heterocycles. The predicted octanol–water partition coefficient (Wildman–Crippen LogP) is 1.65. The summed E-state index contributed by atoms with van der Waals surface area (Å²) in [6.07, 6.45) is 3.57. The zero-order valence-corrected chi connectivity index (χ0v) is 26.8. The van der Waals surface area contributed by atoms with Crippen LogP contribution in [0, 0.1) is 20.8 Å². The van der Waals surface area contributed by atoms with Crippen molar-refractivity contribution in [2.45, 2.75) is 58.1 Å². The molecule has 0 aliphatic heterocycles. The minimum absolute atomic E-state index is 0.0409. The summed E-state index contributed by atoms with van der Waals surface area (Å²) in [5.41, 5.74) is 1.10. The van der Waals surface area contributed by atoms with Crippen LogP contribution in [0.25, 0.3) is 6.08 Å². The number of guanidine groups is 1. The SMILES string of the molecule is Cc1cc(C)c(S(=O)(=O)NC(CNC(=O)c2ccc(/C=C/CN=C(NCB=O)NCB=O)s2)C(=O)OC(C)(C)C)c(C)c1. The molecule has 0 spiro atoms. The number of carbonyl (C=O) groups excluding carboxylic acids is 2. The van der Waals surface area contributed by atoms with Gasteiger partial charge in [0.2, 0.25) is 10.0 Å². The van der Waals surface area contributed by atoms with E-state index in [1.807, 2.05) is 6.92 Å². The van der Waals surface area contributed by atoms with Crippen LogP contribution in [0.2, 0.25) is 0 Å². The minimum Gasteiger partial charge on any atom is -0.459 e. The maximum Gasteiger partial charge on any atom is 0.326 e. The summed E-state index contributed by atoms with van der Waals surface area (Å²) >= 11 is 1.19. The Hall–Kier alpha value is -3.49. The van der Waals surface area contributed by atoms with E-state index in [0.29, 0.717) is 36.3 Å². The number of hydrogen-bond donors (Lipinski definition) is 4. The number of aryl methyl sites for hydroxylation is 3. The topological polar surface area (TPSA) is 172 Å². The van der Waals surface area contributed by atoms with Gasteiger partial charge in [-0.1, -0.05) is 17.7 Å². The Balaban J connectivity index is 2.14. The third kappa shape index (κ3) is 12.0. The van der Waals surface area contributed by atoms with E-state index in [1.54, 1.807) is 71.0 Å². The van der Waals surface area contributed by atoms with E-state index in [2.05, 4.69) is 25.7 Å². The van der Waals surface area contributed by atoms with Crippen molar-refractivity contribution < 1.29 is 32.2 Å². The van der Waals surface area contributed by atoms with Gasteiger partial charge >= 0.3 is 132 Å². The van der Waals surface area contributed by atoms with Crippen LogP contribution in [0.1, 0.15) is 52.0 Å². The Morgan fingerprint density at radius 1 is 1.02 bits per heavy atom. The van der Waals surface area contributed by atoms with Crippen molar-refractivity contribution >= 4 is 59.6 Å². The van der Waals surface area contributed by atoms with Crippen molar-refractivity contribution in [2.24, 2.45) is 4.99 Å².